The molecule has 6 heteroatoms. The Labute approximate surface area is 119 Å². The molecule has 1 rings (SSSR count). The number of benzene rings is 1. The van der Waals surface area contributed by atoms with Crippen molar-refractivity contribution >= 4 is 5.91 Å². The summed E-state index contributed by atoms with van der Waals surface area (Å²) < 4.78 is 9.90. The number of hydrogen-bond acceptors (Lipinski definition) is 5. The van der Waals surface area contributed by atoms with Crippen LogP contribution >= 0.6 is 0 Å². The Balaban J connectivity index is 2.44. The largest absolute Gasteiger partial charge is 0.504 e. The first-order chi connectivity index (χ1) is 9.58. The molecule has 0 aliphatic carbocycles. The van der Waals surface area contributed by atoms with Crippen molar-refractivity contribution in [2.75, 3.05) is 27.4 Å². The summed E-state index contributed by atoms with van der Waals surface area (Å²) in [4.78, 5) is 11.7. The van der Waals surface area contributed by atoms with Crippen molar-refractivity contribution in [3.05, 3.63) is 23.8 Å². The zero-order chi connectivity index (χ0) is 15.0. The van der Waals surface area contributed by atoms with Gasteiger partial charge >= 0.3 is 0 Å². The Hall–Kier alpha value is -1.79. The van der Waals surface area contributed by atoms with Crippen LogP contribution in [0.4, 0.5) is 0 Å². The van der Waals surface area contributed by atoms with Gasteiger partial charge in [0.25, 0.3) is 0 Å². The van der Waals surface area contributed by atoms with E-state index in [0.29, 0.717) is 25.4 Å². The van der Waals surface area contributed by atoms with Crippen LogP contribution in [0.2, 0.25) is 0 Å². The zero-order valence-corrected chi connectivity index (χ0v) is 12.1. The van der Waals surface area contributed by atoms with Gasteiger partial charge < -0.3 is 25.2 Å². The van der Waals surface area contributed by atoms with E-state index in [4.69, 9.17) is 9.47 Å². The number of carbonyl (C=O) groups excluding carboxylic acids is 1. The molecule has 0 fully saturated rings. The van der Waals surface area contributed by atoms with Crippen LogP contribution in [-0.4, -0.2) is 44.4 Å². The number of methoxy groups -OCH3 is 2. The lowest BCUT2D eigenvalue weighted by molar-refractivity contribution is -0.122. The summed E-state index contributed by atoms with van der Waals surface area (Å²) in [7, 11) is 3.09. The third-order valence-electron chi connectivity index (χ3n) is 2.86. The number of hydrogen-bond donors (Lipinski definition) is 3. The van der Waals surface area contributed by atoms with Crippen molar-refractivity contribution < 1.29 is 19.4 Å². The van der Waals surface area contributed by atoms with E-state index in [0.717, 1.165) is 5.56 Å². The van der Waals surface area contributed by atoms with Gasteiger partial charge in [0, 0.05) is 20.2 Å². The fourth-order valence-corrected chi connectivity index (χ4v) is 1.63. The van der Waals surface area contributed by atoms with Gasteiger partial charge in [0.15, 0.2) is 11.5 Å². The van der Waals surface area contributed by atoms with Gasteiger partial charge in [0.05, 0.1) is 19.8 Å². The smallest absolute Gasteiger partial charge is 0.236 e. The predicted molar refractivity (Wildman–Crippen MR) is 75.8 cm³/mol. The van der Waals surface area contributed by atoms with Gasteiger partial charge in [-0.15, -0.1) is 0 Å². The minimum absolute atomic E-state index is 0.0761. The van der Waals surface area contributed by atoms with Crippen molar-refractivity contribution in [1.82, 2.24) is 10.6 Å². The van der Waals surface area contributed by atoms with E-state index in [1.54, 1.807) is 32.2 Å². The summed E-state index contributed by atoms with van der Waals surface area (Å²) in [5.41, 5.74) is 0.927. The molecule has 1 amide bonds. The van der Waals surface area contributed by atoms with Crippen LogP contribution in [0.15, 0.2) is 18.2 Å². The molecule has 1 aromatic carbocycles. The first kappa shape index (κ1) is 16.3. The van der Waals surface area contributed by atoms with E-state index in [1.165, 1.54) is 7.11 Å². The van der Waals surface area contributed by atoms with Gasteiger partial charge in [-0.2, -0.15) is 0 Å². The molecular formula is C14H22N2O4. The third-order valence-corrected chi connectivity index (χ3v) is 2.86. The summed E-state index contributed by atoms with van der Waals surface area (Å²) in [6.45, 7) is 3.29. The summed E-state index contributed by atoms with van der Waals surface area (Å²) >= 11 is 0. The minimum atomic E-state index is -0.313. The molecule has 1 aromatic rings. The lowest BCUT2D eigenvalue weighted by Crippen LogP contribution is -2.42. The summed E-state index contributed by atoms with van der Waals surface area (Å²) in [5.74, 6) is 0.441. The molecule has 3 N–H and O–H groups in total. The Morgan fingerprint density at radius 3 is 2.80 bits per heavy atom. The molecule has 20 heavy (non-hydrogen) atoms. The summed E-state index contributed by atoms with van der Waals surface area (Å²) in [6.07, 6.45) is 0. The van der Waals surface area contributed by atoms with Crippen LogP contribution in [0, 0.1) is 0 Å². The number of amides is 1. The van der Waals surface area contributed by atoms with E-state index in [1.807, 2.05) is 0 Å². The van der Waals surface area contributed by atoms with Crippen molar-refractivity contribution in [3.8, 4) is 11.5 Å². The highest BCUT2D eigenvalue weighted by molar-refractivity contribution is 5.81. The summed E-state index contributed by atoms with van der Waals surface area (Å²) in [5, 5.41) is 15.4. The standard InChI is InChI=1S/C14H22N2O4/c1-10(14(18)15-6-7-19-2)16-9-11-4-5-12(17)13(8-11)20-3/h4-5,8,10,16-17H,6-7,9H2,1-3H3,(H,15,18). The number of ether oxygens (including phenoxy) is 2. The van der Waals surface area contributed by atoms with Crippen LogP contribution in [-0.2, 0) is 16.1 Å². The maximum Gasteiger partial charge on any atom is 0.236 e. The topological polar surface area (TPSA) is 79.8 Å². The van der Waals surface area contributed by atoms with Gasteiger partial charge in [-0.1, -0.05) is 6.07 Å². The molecule has 0 aliphatic heterocycles. The lowest BCUT2D eigenvalue weighted by Gasteiger charge is -2.14. The van der Waals surface area contributed by atoms with Gasteiger partial charge in [0.2, 0.25) is 5.91 Å². The molecule has 0 bridgehead atoms. The molecule has 0 saturated heterocycles. The van der Waals surface area contributed by atoms with Crippen molar-refractivity contribution in [2.24, 2.45) is 0 Å². The number of phenolic OH excluding ortho intramolecular Hbond substituents is 1. The lowest BCUT2D eigenvalue weighted by atomic mass is 10.2. The van der Waals surface area contributed by atoms with Crippen LogP contribution in [0.5, 0.6) is 11.5 Å². The Morgan fingerprint density at radius 2 is 2.15 bits per heavy atom. The monoisotopic (exact) mass is 282 g/mol. The number of carbonyl (C=O) groups is 1. The molecule has 0 saturated carbocycles. The quantitative estimate of drug-likeness (QED) is 0.610. The number of nitrogens with one attached hydrogen (secondary N) is 2. The van der Waals surface area contributed by atoms with Crippen LogP contribution in [0.1, 0.15) is 12.5 Å². The number of phenols is 1. The van der Waals surface area contributed by atoms with Crippen molar-refractivity contribution in [3.63, 3.8) is 0 Å². The second-order valence-electron chi connectivity index (χ2n) is 4.39. The van der Waals surface area contributed by atoms with E-state index in [-0.39, 0.29) is 17.7 Å². The fraction of sp³-hybridized carbons (Fsp3) is 0.500. The maximum atomic E-state index is 11.7. The highest BCUT2D eigenvalue weighted by atomic mass is 16.5. The molecule has 112 valence electrons. The molecule has 0 aromatic heterocycles. The number of rotatable bonds is 8. The van der Waals surface area contributed by atoms with Gasteiger partial charge in [-0.05, 0) is 24.6 Å². The van der Waals surface area contributed by atoms with Crippen LogP contribution in [0.3, 0.4) is 0 Å². The average Bonchev–Trinajstić information content (AvgIpc) is 2.46. The van der Waals surface area contributed by atoms with E-state index in [2.05, 4.69) is 10.6 Å². The van der Waals surface area contributed by atoms with E-state index < -0.39 is 0 Å². The molecule has 0 radical (unpaired) electrons. The Bertz CT molecular complexity index is 437. The highest BCUT2D eigenvalue weighted by Crippen LogP contribution is 2.26. The fourth-order valence-electron chi connectivity index (χ4n) is 1.63. The third kappa shape index (κ3) is 5.07. The zero-order valence-electron chi connectivity index (χ0n) is 12.1. The van der Waals surface area contributed by atoms with Crippen molar-refractivity contribution in [2.45, 2.75) is 19.5 Å². The van der Waals surface area contributed by atoms with Crippen molar-refractivity contribution in [1.29, 1.82) is 0 Å². The molecule has 0 spiro atoms. The van der Waals surface area contributed by atoms with E-state index >= 15 is 0 Å². The molecule has 6 nitrogen and oxygen atoms in total. The maximum absolute atomic E-state index is 11.7. The predicted octanol–water partition coefficient (Wildman–Crippen LogP) is 0.641. The summed E-state index contributed by atoms with van der Waals surface area (Å²) in [6, 6.07) is 4.77. The molecule has 0 heterocycles. The van der Waals surface area contributed by atoms with Gasteiger partial charge in [0.1, 0.15) is 0 Å². The normalized spacial score (nSPS) is 11.9. The second-order valence-corrected chi connectivity index (χ2v) is 4.39. The van der Waals surface area contributed by atoms with E-state index in [9.17, 15) is 9.90 Å². The number of aromatic hydroxyl groups is 1. The van der Waals surface area contributed by atoms with Crippen LogP contribution < -0.4 is 15.4 Å². The first-order valence-corrected chi connectivity index (χ1v) is 6.44. The molecule has 1 unspecified atom stereocenters. The Morgan fingerprint density at radius 1 is 1.40 bits per heavy atom. The molecule has 1 atom stereocenters. The SMILES string of the molecule is COCCNC(=O)C(C)NCc1ccc(O)c(OC)c1. The van der Waals surface area contributed by atoms with Gasteiger partial charge in [-0.25, -0.2) is 0 Å². The first-order valence-electron chi connectivity index (χ1n) is 6.44. The molecule has 0 aliphatic rings. The molecular weight excluding hydrogens is 260 g/mol. The van der Waals surface area contributed by atoms with Crippen LogP contribution in [0.25, 0.3) is 0 Å². The minimum Gasteiger partial charge on any atom is -0.504 e. The second kappa shape index (κ2) is 8.39. The highest BCUT2D eigenvalue weighted by Gasteiger charge is 2.11. The van der Waals surface area contributed by atoms with Gasteiger partial charge in [-0.3, -0.25) is 4.79 Å². The Kier molecular flexibility index (Phi) is 6.83. The average molecular weight is 282 g/mol.